The second-order valence-corrected chi connectivity index (χ2v) is 7.49. The highest BCUT2D eigenvalue weighted by atomic mass is 16.6. The van der Waals surface area contributed by atoms with Crippen LogP contribution in [0.5, 0.6) is 0 Å². The van der Waals surface area contributed by atoms with Gasteiger partial charge in [-0.05, 0) is 51.0 Å². The lowest BCUT2D eigenvalue weighted by Gasteiger charge is -2.09. The molecule has 4 rings (SSSR count). The SMILES string of the molecule is Cc1nn(-c2ccccc2)c(C)c1CNC(=O)c1ccc(NC2CC2)c([N+](=O)[O-])c1. The number of carbonyl (C=O) groups excluding carboxylic acids is 1. The molecule has 3 aromatic rings. The van der Waals surface area contributed by atoms with Crippen LogP contribution in [0.25, 0.3) is 5.69 Å². The number of nitro benzene ring substituents is 1. The normalized spacial score (nSPS) is 13.1. The fourth-order valence-electron chi connectivity index (χ4n) is 3.42. The van der Waals surface area contributed by atoms with E-state index in [0.29, 0.717) is 12.2 Å². The summed E-state index contributed by atoms with van der Waals surface area (Å²) in [6.45, 7) is 4.15. The van der Waals surface area contributed by atoms with Crippen molar-refractivity contribution in [3.63, 3.8) is 0 Å². The number of aryl methyl sites for hydroxylation is 1. The van der Waals surface area contributed by atoms with Crippen molar-refractivity contribution in [3.8, 4) is 5.69 Å². The molecule has 1 aliphatic carbocycles. The molecule has 2 aromatic carbocycles. The predicted octanol–water partition coefficient (Wildman–Crippen LogP) is 3.90. The second kappa shape index (κ2) is 7.98. The van der Waals surface area contributed by atoms with Gasteiger partial charge in [0.05, 0.1) is 16.3 Å². The number of para-hydroxylation sites is 1. The molecular weight excluding hydrogens is 382 g/mol. The molecule has 8 nitrogen and oxygen atoms in total. The van der Waals surface area contributed by atoms with Crippen molar-refractivity contribution in [2.75, 3.05) is 5.32 Å². The van der Waals surface area contributed by atoms with Crippen molar-refractivity contribution in [2.24, 2.45) is 0 Å². The van der Waals surface area contributed by atoms with Gasteiger partial charge < -0.3 is 10.6 Å². The number of anilines is 1. The molecule has 0 saturated heterocycles. The van der Waals surface area contributed by atoms with Gasteiger partial charge in [-0.2, -0.15) is 5.10 Å². The molecule has 1 saturated carbocycles. The van der Waals surface area contributed by atoms with Gasteiger partial charge in [0.15, 0.2) is 0 Å². The fraction of sp³-hybridized carbons (Fsp3) is 0.273. The van der Waals surface area contributed by atoms with Crippen LogP contribution in [-0.2, 0) is 6.54 Å². The summed E-state index contributed by atoms with van der Waals surface area (Å²) in [5, 5.41) is 22.0. The monoisotopic (exact) mass is 405 g/mol. The maximum Gasteiger partial charge on any atom is 0.293 e. The van der Waals surface area contributed by atoms with Gasteiger partial charge in [0.2, 0.25) is 0 Å². The number of nitrogens with zero attached hydrogens (tertiary/aromatic N) is 3. The molecule has 2 N–H and O–H groups in total. The highest BCUT2D eigenvalue weighted by Crippen LogP contribution is 2.31. The molecule has 0 aliphatic heterocycles. The van der Waals surface area contributed by atoms with E-state index < -0.39 is 4.92 Å². The minimum absolute atomic E-state index is 0.0844. The van der Waals surface area contributed by atoms with Gasteiger partial charge in [0.1, 0.15) is 5.69 Å². The van der Waals surface area contributed by atoms with E-state index in [0.717, 1.165) is 35.5 Å². The smallest absolute Gasteiger partial charge is 0.293 e. The van der Waals surface area contributed by atoms with Crippen molar-refractivity contribution in [1.29, 1.82) is 0 Å². The summed E-state index contributed by atoms with van der Waals surface area (Å²) >= 11 is 0. The van der Waals surface area contributed by atoms with Crippen LogP contribution < -0.4 is 10.6 Å². The summed E-state index contributed by atoms with van der Waals surface area (Å²) in [6, 6.07) is 14.6. The highest BCUT2D eigenvalue weighted by molar-refractivity contribution is 5.95. The standard InChI is InChI=1S/C22H23N5O3/c1-14-19(15(2)26(25-14)18-6-4-3-5-7-18)13-23-22(28)16-8-11-20(24-17-9-10-17)21(12-16)27(29)30/h3-8,11-12,17,24H,9-10,13H2,1-2H3,(H,23,28). The molecule has 0 unspecified atom stereocenters. The summed E-state index contributed by atoms with van der Waals surface area (Å²) in [5.41, 5.74) is 4.27. The van der Waals surface area contributed by atoms with E-state index in [1.54, 1.807) is 12.1 Å². The zero-order valence-electron chi connectivity index (χ0n) is 16.9. The van der Waals surface area contributed by atoms with Crippen LogP contribution in [0, 0.1) is 24.0 Å². The van der Waals surface area contributed by atoms with Gasteiger partial charge in [-0.3, -0.25) is 14.9 Å². The van der Waals surface area contributed by atoms with Gasteiger partial charge in [-0.1, -0.05) is 18.2 Å². The van der Waals surface area contributed by atoms with Crippen LogP contribution in [0.4, 0.5) is 11.4 Å². The molecule has 1 fully saturated rings. The molecule has 1 heterocycles. The van der Waals surface area contributed by atoms with E-state index in [-0.39, 0.29) is 23.2 Å². The zero-order valence-corrected chi connectivity index (χ0v) is 16.9. The lowest BCUT2D eigenvalue weighted by Crippen LogP contribution is -2.23. The third-order valence-corrected chi connectivity index (χ3v) is 5.26. The number of nitro groups is 1. The molecule has 154 valence electrons. The first kappa shape index (κ1) is 19.6. The predicted molar refractivity (Wildman–Crippen MR) is 114 cm³/mol. The van der Waals surface area contributed by atoms with Gasteiger partial charge in [0.25, 0.3) is 11.6 Å². The molecule has 0 spiro atoms. The van der Waals surface area contributed by atoms with Crippen LogP contribution >= 0.6 is 0 Å². The summed E-state index contributed by atoms with van der Waals surface area (Å²) in [7, 11) is 0. The number of rotatable bonds is 7. The van der Waals surface area contributed by atoms with Crippen LogP contribution in [0.3, 0.4) is 0 Å². The van der Waals surface area contributed by atoms with Gasteiger partial charge >= 0.3 is 0 Å². The molecule has 8 heteroatoms. The van der Waals surface area contributed by atoms with Crippen molar-refractivity contribution >= 4 is 17.3 Å². The number of benzene rings is 2. The lowest BCUT2D eigenvalue weighted by atomic mass is 10.1. The van der Waals surface area contributed by atoms with Gasteiger partial charge in [-0.25, -0.2) is 4.68 Å². The number of aromatic nitrogens is 2. The zero-order chi connectivity index (χ0) is 21.3. The number of nitrogens with one attached hydrogen (secondary N) is 2. The second-order valence-electron chi connectivity index (χ2n) is 7.49. The van der Waals surface area contributed by atoms with Gasteiger partial charge in [0, 0.05) is 35.5 Å². The minimum atomic E-state index is -0.459. The highest BCUT2D eigenvalue weighted by Gasteiger charge is 2.25. The number of hydrogen-bond donors (Lipinski definition) is 2. The molecule has 1 aromatic heterocycles. The van der Waals surface area contributed by atoms with Crippen LogP contribution in [0.1, 0.15) is 40.2 Å². The quantitative estimate of drug-likeness (QED) is 0.458. The molecule has 0 bridgehead atoms. The molecule has 30 heavy (non-hydrogen) atoms. The molecule has 0 radical (unpaired) electrons. The first-order valence-electron chi connectivity index (χ1n) is 9.87. The Morgan fingerprint density at radius 2 is 1.93 bits per heavy atom. The Labute approximate surface area is 174 Å². The minimum Gasteiger partial charge on any atom is -0.377 e. The maximum absolute atomic E-state index is 12.7. The van der Waals surface area contributed by atoms with E-state index in [4.69, 9.17) is 0 Å². The summed E-state index contributed by atoms with van der Waals surface area (Å²) in [4.78, 5) is 23.6. The van der Waals surface area contributed by atoms with E-state index in [1.807, 2.05) is 48.9 Å². The summed E-state index contributed by atoms with van der Waals surface area (Å²) in [6.07, 6.45) is 2.02. The Balaban J connectivity index is 1.50. The average molecular weight is 405 g/mol. The number of hydrogen-bond acceptors (Lipinski definition) is 5. The Bertz CT molecular complexity index is 1100. The topological polar surface area (TPSA) is 102 Å². The van der Waals surface area contributed by atoms with E-state index in [9.17, 15) is 14.9 Å². The third kappa shape index (κ3) is 4.03. The van der Waals surface area contributed by atoms with Crippen molar-refractivity contribution in [1.82, 2.24) is 15.1 Å². The van der Waals surface area contributed by atoms with Gasteiger partial charge in [-0.15, -0.1) is 0 Å². The van der Waals surface area contributed by atoms with Crippen molar-refractivity contribution < 1.29 is 9.72 Å². The van der Waals surface area contributed by atoms with Crippen LogP contribution in [-0.4, -0.2) is 26.7 Å². The Morgan fingerprint density at radius 3 is 2.60 bits per heavy atom. The van der Waals surface area contributed by atoms with E-state index >= 15 is 0 Å². The molecule has 1 aliphatic rings. The summed E-state index contributed by atoms with van der Waals surface area (Å²) < 4.78 is 1.85. The van der Waals surface area contributed by atoms with Crippen LogP contribution in [0.2, 0.25) is 0 Å². The fourth-order valence-corrected chi connectivity index (χ4v) is 3.42. The lowest BCUT2D eigenvalue weighted by molar-refractivity contribution is -0.384. The Kier molecular flexibility index (Phi) is 5.22. The van der Waals surface area contributed by atoms with E-state index in [2.05, 4.69) is 15.7 Å². The number of carbonyl (C=O) groups is 1. The van der Waals surface area contributed by atoms with Crippen molar-refractivity contribution in [3.05, 3.63) is 81.2 Å². The maximum atomic E-state index is 12.7. The first-order chi connectivity index (χ1) is 14.4. The van der Waals surface area contributed by atoms with Crippen LogP contribution in [0.15, 0.2) is 48.5 Å². The Morgan fingerprint density at radius 1 is 1.20 bits per heavy atom. The van der Waals surface area contributed by atoms with E-state index in [1.165, 1.54) is 6.07 Å². The first-order valence-corrected chi connectivity index (χ1v) is 9.87. The molecule has 0 atom stereocenters. The third-order valence-electron chi connectivity index (χ3n) is 5.26. The summed E-state index contributed by atoms with van der Waals surface area (Å²) in [5.74, 6) is -0.359. The Hall–Kier alpha value is -3.68. The largest absolute Gasteiger partial charge is 0.377 e. The number of amides is 1. The van der Waals surface area contributed by atoms with Crippen molar-refractivity contribution in [2.45, 2.75) is 39.3 Å². The molecular formula is C22H23N5O3. The average Bonchev–Trinajstić information content (AvgIpc) is 3.51. The molecule has 1 amide bonds.